The third-order valence-electron chi connectivity index (χ3n) is 3.09. The number of sulfonamides is 1. The Morgan fingerprint density at radius 1 is 1.17 bits per heavy atom. The molecule has 2 rings (SSSR count). The van der Waals surface area contributed by atoms with Crippen LogP contribution in [-0.2, 0) is 10.0 Å². The van der Waals surface area contributed by atoms with Gasteiger partial charge in [0.25, 0.3) is 0 Å². The maximum Gasteiger partial charge on any atom is 0.240 e. The Hall–Kier alpha value is -1.57. The normalized spacial score (nSPS) is 11.3. The van der Waals surface area contributed by atoms with Gasteiger partial charge in [0.15, 0.2) is 0 Å². The van der Waals surface area contributed by atoms with Crippen molar-refractivity contribution in [3.63, 3.8) is 0 Å². The number of aryl methyl sites for hydroxylation is 1. The Labute approximate surface area is 144 Å². The van der Waals surface area contributed by atoms with E-state index in [4.69, 9.17) is 9.47 Å². The molecule has 1 N–H and O–H groups in total. The van der Waals surface area contributed by atoms with Crippen molar-refractivity contribution in [3.8, 4) is 11.5 Å². The van der Waals surface area contributed by atoms with Crippen molar-refractivity contribution in [2.45, 2.75) is 11.8 Å². The largest absolute Gasteiger partial charge is 0.496 e. The molecular weight excluding hydrogens is 382 g/mol. The number of hydrogen-bond donors (Lipinski definition) is 1. The monoisotopic (exact) mass is 399 g/mol. The second kappa shape index (κ2) is 7.81. The summed E-state index contributed by atoms with van der Waals surface area (Å²) in [5.74, 6) is 1.29. The van der Waals surface area contributed by atoms with Gasteiger partial charge in [0, 0.05) is 6.54 Å². The Balaban J connectivity index is 1.92. The van der Waals surface area contributed by atoms with E-state index in [1.165, 1.54) is 19.2 Å². The van der Waals surface area contributed by atoms with Crippen LogP contribution in [0.2, 0.25) is 0 Å². The predicted octanol–water partition coefficient (Wildman–Crippen LogP) is 3.12. The Kier molecular flexibility index (Phi) is 6.04. The molecular formula is C16H18BrNO4S. The van der Waals surface area contributed by atoms with Gasteiger partial charge in [-0.05, 0) is 58.7 Å². The lowest BCUT2D eigenvalue weighted by Gasteiger charge is -2.10. The quantitative estimate of drug-likeness (QED) is 0.726. The highest BCUT2D eigenvalue weighted by atomic mass is 79.9. The molecule has 0 saturated heterocycles. The lowest BCUT2D eigenvalue weighted by Crippen LogP contribution is -2.28. The van der Waals surface area contributed by atoms with Gasteiger partial charge in [0.05, 0.1) is 16.5 Å². The average molecular weight is 400 g/mol. The summed E-state index contributed by atoms with van der Waals surface area (Å²) in [4.78, 5) is 0.167. The minimum Gasteiger partial charge on any atom is -0.496 e. The van der Waals surface area contributed by atoms with Gasteiger partial charge in [-0.2, -0.15) is 0 Å². The Bertz CT molecular complexity index is 777. The van der Waals surface area contributed by atoms with E-state index in [2.05, 4.69) is 20.7 Å². The van der Waals surface area contributed by atoms with E-state index < -0.39 is 10.0 Å². The first-order chi connectivity index (χ1) is 10.9. The van der Waals surface area contributed by atoms with Gasteiger partial charge < -0.3 is 9.47 Å². The molecule has 0 aliphatic carbocycles. The summed E-state index contributed by atoms with van der Waals surface area (Å²) in [5, 5.41) is 0. The van der Waals surface area contributed by atoms with E-state index in [-0.39, 0.29) is 18.0 Å². The second-order valence-electron chi connectivity index (χ2n) is 4.86. The molecule has 0 unspecified atom stereocenters. The van der Waals surface area contributed by atoms with E-state index in [0.717, 1.165) is 11.3 Å². The van der Waals surface area contributed by atoms with Crippen LogP contribution in [0.1, 0.15) is 5.56 Å². The van der Waals surface area contributed by atoms with Crippen molar-refractivity contribution < 1.29 is 17.9 Å². The molecule has 2 aromatic carbocycles. The zero-order valence-corrected chi connectivity index (χ0v) is 15.3. The van der Waals surface area contributed by atoms with E-state index in [0.29, 0.717) is 10.2 Å². The van der Waals surface area contributed by atoms with Crippen molar-refractivity contribution >= 4 is 26.0 Å². The molecule has 7 heteroatoms. The molecule has 0 saturated carbocycles. The molecule has 0 aliphatic rings. The van der Waals surface area contributed by atoms with Gasteiger partial charge in [-0.3, -0.25) is 0 Å². The van der Waals surface area contributed by atoms with Crippen LogP contribution in [0.15, 0.2) is 51.8 Å². The maximum atomic E-state index is 12.2. The molecule has 124 valence electrons. The van der Waals surface area contributed by atoms with Crippen LogP contribution in [-0.4, -0.2) is 28.7 Å². The van der Waals surface area contributed by atoms with Gasteiger partial charge in [0.2, 0.25) is 10.0 Å². The first kappa shape index (κ1) is 17.8. The predicted molar refractivity (Wildman–Crippen MR) is 92.6 cm³/mol. The van der Waals surface area contributed by atoms with Crippen LogP contribution < -0.4 is 14.2 Å². The van der Waals surface area contributed by atoms with Crippen LogP contribution in [0.25, 0.3) is 0 Å². The summed E-state index contributed by atoms with van der Waals surface area (Å²) in [7, 11) is -2.06. The zero-order chi connectivity index (χ0) is 16.9. The highest BCUT2D eigenvalue weighted by Crippen LogP contribution is 2.27. The van der Waals surface area contributed by atoms with E-state index >= 15 is 0 Å². The number of methoxy groups -OCH3 is 1. The molecule has 23 heavy (non-hydrogen) atoms. The van der Waals surface area contributed by atoms with Crippen molar-refractivity contribution in [1.82, 2.24) is 4.72 Å². The van der Waals surface area contributed by atoms with Crippen LogP contribution in [0.5, 0.6) is 11.5 Å². The molecule has 5 nitrogen and oxygen atoms in total. The van der Waals surface area contributed by atoms with Crippen LogP contribution in [0.4, 0.5) is 0 Å². The summed E-state index contributed by atoms with van der Waals surface area (Å²) in [5.41, 5.74) is 1.09. The minimum atomic E-state index is -3.59. The Morgan fingerprint density at radius 3 is 2.61 bits per heavy atom. The number of ether oxygens (including phenoxy) is 2. The SMILES string of the molecule is COc1ccc(S(=O)(=O)NCCOc2cccc(C)c2)cc1Br. The zero-order valence-electron chi connectivity index (χ0n) is 12.9. The van der Waals surface area contributed by atoms with Crippen molar-refractivity contribution in [2.75, 3.05) is 20.3 Å². The lowest BCUT2D eigenvalue weighted by molar-refractivity contribution is 0.322. The standard InChI is InChI=1S/C16H18BrNO4S/c1-12-4-3-5-13(10-12)22-9-8-18-23(19,20)14-6-7-16(21-2)15(17)11-14/h3-7,10-11,18H,8-9H2,1-2H3. The number of halogens is 1. The van der Waals surface area contributed by atoms with Crippen LogP contribution >= 0.6 is 15.9 Å². The highest BCUT2D eigenvalue weighted by Gasteiger charge is 2.15. The summed E-state index contributed by atoms with van der Waals surface area (Å²) in [6, 6.07) is 12.2. The van der Waals surface area contributed by atoms with E-state index in [1.54, 1.807) is 6.07 Å². The lowest BCUT2D eigenvalue weighted by atomic mass is 10.2. The van der Waals surface area contributed by atoms with Crippen LogP contribution in [0, 0.1) is 6.92 Å². The smallest absolute Gasteiger partial charge is 0.240 e. The van der Waals surface area contributed by atoms with Gasteiger partial charge in [0.1, 0.15) is 18.1 Å². The molecule has 0 spiro atoms. The van der Waals surface area contributed by atoms with E-state index in [9.17, 15) is 8.42 Å². The summed E-state index contributed by atoms with van der Waals surface area (Å²) < 4.78 is 38.1. The minimum absolute atomic E-state index is 0.167. The van der Waals surface area contributed by atoms with Crippen molar-refractivity contribution in [1.29, 1.82) is 0 Å². The van der Waals surface area contributed by atoms with Gasteiger partial charge >= 0.3 is 0 Å². The molecule has 0 aliphatic heterocycles. The molecule has 0 atom stereocenters. The fraction of sp³-hybridized carbons (Fsp3) is 0.250. The fourth-order valence-electron chi connectivity index (χ4n) is 1.95. The first-order valence-corrected chi connectivity index (χ1v) is 9.22. The van der Waals surface area contributed by atoms with Gasteiger partial charge in [-0.25, -0.2) is 13.1 Å². The number of rotatable bonds is 7. The molecule has 0 fully saturated rings. The molecule has 0 heterocycles. The molecule has 0 aromatic heterocycles. The highest BCUT2D eigenvalue weighted by molar-refractivity contribution is 9.10. The van der Waals surface area contributed by atoms with E-state index in [1.807, 2.05) is 31.2 Å². The average Bonchev–Trinajstić information content (AvgIpc) is 2.51. The van der Waals surface area contributed by atoms with Gasteiger partial charge in [-0.15, -0.1) is 0 Å². The second-order valence-corrected chi connectivity index (χ2v) is 7.48. The summed E-state index contributed by atoms with van der Waals surface area (Å²) >= 11 is 3.28. The number of nitrogens with one attached hydrogen (secondary N) is 1. The number of benzene rings is 2. The third kappa shape index (κ3) is 4.95. The third-order valence-corrected chi connectivity index (χ3v) is 5.16. The maximum absolute atomic E-state index is 12.2. The molecule has 0 amide bonds. The van der Waals surface area contributed by atoms with Crippen LogP contribution in [0.3, 0.4) is 0 Å². The summed E-state index contributed by atoms with van der Waals surface area (Å²) in [6.07, 6.45) is 0. The fourth-order valence-corrected chi connectivity index (χ4v) is 3.68. The molecule has 2 aromatic rings. The summed E-state index contributed by atoms with van der Waals surface area (Å²) in [6.45, 7) is 2.40. The molecule has 0 radical (unpaired) electrons. The topological polar surface area (TPSA) is 64.6 Å². The number of hydrogen-bond acceptors (Lipinski definition) is 4. The first-order valence-electron chi connectivity index (χ1n) is 6.95. The Morgan fingerprint density at radius 2 is 1.96 bits per heavy atom. The molecule has 0 bridgehead atoms. The van der Waals surface area contributed by atoms with Crippen molar-refractivity contribution in [3.05, 3.63) is 52.5 Å². The van der Waals surface area contributed by atoms with Crippen molar-refractivity contribution in [2.24, 2.45) is 0 Å². The van der Waals surface area contributed by atoms with Gasteiger partial charge in [-0.1, -0.05) is 12.1 Å².